The minimum Gasteiger partial charge on any atom is -0.369 e. The predicted octanol–water partition coefficient (Wildman–Crippen LogP) is 1.39. The molecule has 0 aliphatic carbocycles. The number of aromatic nitrogens is 2. The highest BCUT2D eigenvalue weighted by atomic mass is 16.2. The van der Waals surface area contributed by atoms with Crippen molar-refractivity contribution in [3.63, 3.8) is 0 Å². The normalized spacial score (nSPS) is 27.0. The lowest BCUT2D eigenvalue weighted by atomic mass is 9.93. The first-order valence-electron chi connectivity index (χ1n) is 10.5. The van der Waals surface area contributed by atoms with Gasteiger partial charge in [-0.2, -0.15) is 0 Å². The van der Waals surface area contributed by atoms with Crippen molar-refractivity contribution in [3.05, 3.63) is 83.0 Å². The SMILES string of the molecule is CC1C(=O)NC2=C(C(c3ccccc3)CN2)N1C1=CC(=C2CC(=O)N2)Cn2ccnc21. The van der Waals surface area contributed by atoms with Crippen molar-refractivity contribution in [2.75, 3.05) is 6.54 Å². The highest BCUT2D eigenvalue weighted by Crippen LogP contribution is 2.41. The average molecular weight is 414 g/mol. The second-order valence-corrected chi connectivity index (χ2v) is 8.28. The van der Waals surface area contributed by atoms with E-state index in [-0.39, 0.29) is 17.7 Å². The van der Waals surface area contributed by atoms with Crippen molar-refractivity contribution in [1.82, 2.24) is 30.4 Å². The Balaban J connectivity index is 1.51. The zero-order valence-electron chi connectivity index (χ0n) is 17.1. The number of carbonyl (C=O) groups excluding carboxylic acids is 2. The van der Waals surface area contributed by atoms with Crippen LogP contribution in [0.4, 0.5) is 0 Å². The number of hydrogen-bond donors (Lipinski definition) is 3. The Morgan fingerprint density at radius 2 is 1.94 bits per heavy atom. The summed E-state index contributed by atoms with van der Waals surface area (Å²) in [5, 5.41) is 9.33. The minimum absolute atomic E-state index is 0.0359. The van der Waals surface area contributed by atoms with Crippen LogP contribution in [0.25, 0.3) is 5.70 Å². The third-order valence-electron chi connectivity index (χ3n) is 6.42. The van der Waals surface area contributed by atoms with Gasteiger partial charge in [-0.15, -0.1) is 0 Å². The van der Waals surface area contributed by atoms with E-state index in [1.807, 2.05) is 31.3 Å². The van der Waals surface area contributed by atoms with E-state index >= 15 is 0 Å². The molecule has 31 heavy (non-hydrogen) atoms. The molecule has 2 amide bonds. The Morgan fingerprint density at radius 3 is 2.71 bits per heavy atom. The van der Waals surface area contributed by atoms with E-state index in [0.717, 1.165) is 34.3 Å². The van der Waals surface area contributed by atoms with E-state index in [1.165, 1.54) is 5.56 Å². The largest absolute Gasteiger partial charge is 0.369 e. The summed E-state index contributed by atoms with van der Waals surface area (Å²) in [6, 6.07) is 9.93. The number of benzene rings is 1. The van der Waals surface area contributed by atoms with Crippen LogP contribution < -0.4 is 16.0 Å². The molecule has 1 fully saturated rings. The molecule has 2 atom stereocenters. The second-order valence-electron chi connectivity index (χ2n) is 8.28. The number of hydrogen-bond acceptors (Lipinski definition) is 5. The lowest BCUT2D eigenvalue weighted by Crippen LogP contribution is -2.50. The molecule has 156 valence electrons. The molecule has 1 aromatic carbocycles. The van der Waals surface area contributed by atoms with Crippen molar-refractivity contribution in [1.29, 1.82) is 0 Å². The fourth-order valence-electron chi connectivity index (χ4n) is 4.81. The van der Waals surface area contributed by atoms with Crippen LogP contribution in [0.1, 0.15) is 30.7 Å². The van der Waals surface area contributed by atoms with Gasteiger partial charge >= 0.3 is 0 Å². The zero-order chi connectivity index (χ0) is 21.1. The van der Waals surface area contributed by atoms with E-state index in [1.54, 1.807) is 6.20 Å². The van der Waals surface area contributed by atoms with Gasteiger partial charge in [-0.25, -0.2) is 4.98 Å². The van der Waals surface area contributed by atoms with Crippen LogP contribution in [-0.2, 0) is 16.1 Å². The fourth-order valence-corrected chi connectivity index (χ4v) is 4.81. The first-order valence-corrected chi connectivity index (χ1v) is 10.5. The number of imidazole rings is 1. The summed E-state index contributed by atoms with van der Waals surface area (Å²) in [6.45, 7) is 3.28. The van der Waals surface area contributed by atoms with Crippen LogP contribution in [0, 0.1) is 0 Å². The molecule has 0 saturated carbocycles. The molecule has 0 bridgehead atoms. The van der Waals surface area contributed by atoms with Crippen LogP contribution in [0.3, 0.4) is 0 Å². The lowest BCUT2D eigenvalue weighted by Gasteiger charge is -2.40. The number of nitrogens with zero attached hydrogens (tertiary/aromatic N) is 3. The summed E-state index contributed by atoms with van der Waals surface area (Å²) in [5.74, 6) is 1.66. The quantitative estimate of drug-likeness (QED) is 0.646. The Bertz CT molecular complexity index is 1200. The van der Waals surface area contributed by atoms with Gasteiger partial charge in [-0.1, -0.05) is 30.3 Å². The molecule has 2 unspecified atom stereocenters. The smallest absolute Gasteiger partial charge is 0.248 e. The maximum Gasteiger partial charge on any atom is 0.248 e. The van der Waals surface area contributed by atoms with Gasteiger partial charge in [0.1, 0.15) is 11.9 Å². The maximum atomic E-state index is 12.9. The molecule has 6 rings (SSSR count). The van der Waals surface area contributed by atoms with Crippen LogP contribution in [0.5, 0.6) is 0 Å². The molecular weight excluding hydrogens is 392 g/mol. The Hall–Kier alpha value is -3.81. The van der Waals surface area contributed by atoms with E-state index < -0.39 is 6.04 Å². The molecule has 0 radical (unpaired) electrons. The van der Waals surface area contributed by atoms with E-state index in [9.17, 15) is 9.59 Å². The zero-order valence-corrected chi connectivity index (χ0v) is 17.1. The molecule has 1 saturated heterocycles. The van der Waals surface area contributed by atoms with Crippen molar-refractivity contribution >= 4 is 17.5 Å². The van der Waals surface area contributed by atoms with Crippen molar-refractivity contribution in [2.24, 2.45) is 0 Å². The molecule has 0 spiro atoms. The second kappa shape index (κ2) is 6.60. The Morgan fingerprint density at radius 1 is 1.13 bits per heavy atom. The molecule has 2 aromatic rings. The van der Waals surface area contributed by atoms with Crippen LogP contribution in [0.15, 0.2) is 71.6 Å². The van der Waals surface area contributed by atoms with Gasteiger partial charge in [0.05, 0.1) is 24.4 Å². The fraction of sp³-hybridized carbons (Fsp3) is 0.261. The van der Waals surface area contributed by atoms with E-state index in [4.69, 9.17) is 0 Å². The van der Waals surface area contributed by atoms with Crippen molar-refractivity contribution in [2.45, 2.75) is 31.8 Å². The van der Waals surface area contributed by atoms with Gasteiger partial charge < -0.3 is 25.4 Å². The molecule has 3 N–H and O–H groups in total. The molecule has 8 nitrogen and oxygen atoms in total. The number of allylic oxidation sites excluding steroid dienone is 2. The molecule has 8 heteroatoms. The van der Waals surface area contributed by atoms with Gasteiger partial charge in [0, 0.05) is 30.6 Å². The summed E-state index contributed by atoms with van der Waals surface area (Å²) in [7, 11) is 0. The first-order chi connectivity index (χ1) is 15.1. The summed E-state index contributed by atoms with van der Waals surface area (Å²) >= 11 is 0. The van der Waals surface area contributed by atoms with Crippen LogP contribution in [-0.4, -0.2) is 38.9 Å². The standard InChI is InChI=1S/C23H22N6O2/c1-13-23(31)27-21-20(16(11-25-21)14-5-3-2-4-6-14)29(13)18-9-15(17-10-19(30)26-17)12-28-8-7-24-22(18)28/h2-9,13,16,25H,10-12H2,1H3,(H,26,30)(H,27,31). The minimum atomic E-state index is -0.401. The first kappa shape index (κ1) is 18.0. The number of fused-ring (bicyclic) bond motifs is 1. The van der Waals surface area contributed by atoms with Gasteiger partial charge in [0.2, 0.25) is 11.8 Å². The van der Waals surface area contributed by atoms with Gasteiger partial charge in [0.15, 0.2) is 5.82 Å². The summed E-state index contributed by atoms with van der Waals surface area (Å²) in [6.07, 6.45) is 6.22. The number of amides is 2. The van der Waals surface area contributed by atoms with E-state index in [0.29, 0.717) is 19.5 Å². The monoisotopic (exact) mass is 414 g/mol. The van der Waals surface area contributed by atoms with Gasteiger partial charge in [-0.05, 0) is 24.1 Å². The predicted molar refractivity (Wildman–Crippen MR) is 114 cm³/mol. The highest BCUT2D eigenvalue weighted by molar-refractivity contribution is 5.90. The highest BCUT2D eigenvalue weighted by Gasteiger charge is 2.43. The molecule has 4 aliphatic heterocycles. The molecule has 4 aliphatic rings. The molecular formula is C23H22N6O2. The number of β-lactam (4-membered cyclic amide) rings is 1. The third-order valence-corrected chi connectivity index (χ3v) is 6.42. The molecule has 1 aromatic heterocycles. The summed E-state index contributed by atoms with van der Waals surface area (Å²) < 4.78 is 2.07. The van der Waals surface area contributed by atoms with Gasteiger partial charge in [0.25, 0.3) is 0 Å². The topological polar surface area (TPSA) is 91.3 Å². The van der Waals surface area contributed by atoms with E-state index in [2.05, 4.69) is 48.6 Å². The Labute approximate surface area is 179 Å². The summed E-state index contributed by atoms with van der Waals surface area (Å²) in [5.41, 5.74) is 5.09. The van der Waals surface area contributed by atoms with Crippen LogP contribution in [0.2, 0.25) is 0 Å². The third kappa shape index (κ3) is 2.71. The van der Waals surface area contributed by atoms with Gasteiger partial charge in [-0.3, -0.25) is 9.59 Å². The maximum absolute atomic E-state index is 12.9. The average Bonchev–Trinajstić information content (AvgIpc) is 3.39. The molecule has 5 heterocycles. The van der Waals surface area contributed by atoms with Crippen molar-refractivity contribution < 1.29 is 9.59 Å². The number of carbonyl (C=O) groups is 2. The lowest BCUT2D eigenvalue weighted by molar-refractivity contribution is -0.124. The van der Waals surface area contributed by atoms with Crippen LogP contribution >= 0.6 is 0 Å². The van der Waals surface area contributed by atoms with Crippen molar-refractivity contribution in [3.8, 4) is 0 Å². The number of rotatable bonds is 2. The number of nitrogens with one attached hydrogen (secondary N) is 3. The Kier molecular flexibility index (Phi) is 3.83. The summed E-state index contributed by atoms with van der Waals surface area (Å²) in [4.78, 5) is 31.1.